The molecule has 0 aromatic carbocycles. The number of nitrogens with one attached hydrogen (secondary N) is 4. The van der Waals surface area contributed by atoms with Gasteiger partial charge in [-0.3, -0.25) is 15.2 Å². The molecule has 2 aromatic rings. The molecule has 0 spiro atoms. The Kier molecular flexibility index (Phi) is 10.6. The molecule has 4 N–H and O–H groups in total. The maximum Gasteiger partial charge on any atom is 0.257 e. The molecule has 0 bridgehead atoms. The number of thioether (sulfide) groups is 1. The van der Waals surface area contributed by atoms with Crippen molar-refractivity contribution in [3.8, 4) is 0 Å². The highest BCUT2D eigenvalue weighted by molar-refractivity contribution is 8.27. The van der Waals surface area contributed by atoms with Crippen molar-refractivity contribution in [1.29, 1.82) is 10.8 Å². The maximum atomic E-state index is 14.3. The molecule has 3 heterocycles. The summed E-state index contributed by atoms with van der Waals surface area (Å²) in [5.74, 6) is 0. The van der Waals surface area contributed by atoms with Crippen molar-refractivity contribution in [3.63, 3.8) is 0 Å². The highest BCUT2D eigenvalue weighted by Gasteiger charge is 2.51. The van der Waals surface area contributed by atoms with E-state index in [1.54, 1.807) is 16.8 Å². The smallest absolute Gasteiger partial charge is 0.257 e. The van der Waals surface area contributed by atoms with Gasteiger partial charge in [-0.15, -0.1) is 0 Å². The number of imidazole rings is 1. The van der Waals surface area contributed by atoms with Gasteiger partial charge in [0.15, 0.2) is 11.3 Å². The molecule has 1 saturated heterocycles. The number of piperazine rings is 1. The van der Waals surface area contributed by atoms with E-state index in [0.29, 0.717) is 37.0 Å². The minimum Gasteiger partial charge on any atom is -0.366 e. The van der Waals surface area contributed by atoms with Crippen LogP contribution in [0.5, 0.6) is 0 Å². The van der Waals surface area contributed by atoms with E-state index in [1.807, 2.05) is 19.9 Å². The van der Waals surface area contributed by atoms with Gasteiger partial charge < -0.3 is 10.2 Å². The van der Waals surface area contributed by atoms with E-state index in [4.69, 9.17) is 10.8 Å². The van der Waals surface area contributed by atoms with E-state index in [2.05, 4.69) is 40.7 Å². The summed E-state index contributed by atoms with van der Waals surface area (Å²) in [7, 11) is 0. The van der Waals surface area contributed by atoms with Crippen LogP contribution in [0.4, 0.5) is 18.9 Å². The van der Waals surface area contributed by atoms with Gasteiger partial charge in [0.2, 0.25) is 0 Å². The monoisotopic (exact) mass is 571 g/mol. The number of pyridine rings is 1. The van der Waals surface area contributed by atoms with Crippen LogP contribution >= 0.6 is 23.7 Å². The van der Waals surface area contributed by atoms with Crippen LogP contribution in [-0.4, -0.2) is 62.8 Å². The summed E-state index contributed by atoms with van der Waals surface area (Å²) < 4.78 is 45.8. The highest BCUT2D eigenvalue weighted by atomic mass is 32.2. The van der Waals surface area contributed by atoms with E-state index in [-0.39, 0.29) is 16.1 Å². The van der Waals surface area contributed by atoms with Crippen molar-refractivity contribution in [2.75, 3.05) is 24.5 Å². The second kappa shape index (κ2) is 13.1. The van der Waals surface area contributed by atoms with Crippen LogP contribution in [0, 0.1) is 10.8 Å². The Balaban J connectivity index is 0.000000748. The first-order valence-electron chi connectivity index (χ1n) is 13.4. The molecule has 3 fully saturated rings. The van der Waals surface area contributed by atoms with Gasteiger partial charge in [0.25, 0.3) is 6.43 Å². The van der Waals surface area contributed by atoms with Crippen LogP contribution in [0.3, 0.4) is 0 Å². The van der Waals surface area contributed by atoms with Gasteiger partial charge in [-0.25, -0.2) is 22.9 Å². The van der Waals surface area contributed by atoms with Gasteiger partial charge in [0.1, 0.15) is 10.1 Å². The fourth-order valence-corrected chi connectivity index (χ4v) is 5.68. The minimum absolute atomic E-state index is 0.0393. The van der Waals surface area contributed by atoms with Crippen LogP contribution in [-0.2, 0) is 0 Å². The van der Waals surface area contributed by atoms with Crippen molar-refractivity contribution < 1.29 is 13.2 Å². The normalized spacial score (nSPS) is 20.8. The molecular formula is C26H40F3N7S2. The molecule has 1 unspecified atom stereocenters. The van der Waals surface area contributed by atoms with Crippen molar-refractivity contribution in [2.24, 2.45) is 0 Å². The Morgan fingerprint density at radius 1 is 1.24 bits per heavy atom. The molecule has 3 aliphatic rings. The number of nitrogens with zero attached hydrogens (tertiary/aromatic N) is 3. The summed E-state index contributed by atoms with van der Waals surface area (Å²) in [6, 6.07) is 2.23. The molecule has 12 heteroatoms. The van der Waals surface area contributed by atoms with Gasteiger partial charge in [-0.1, -0.05) is 45.9 Å². The number of hydrogen-bond donors (Lipinski definition) is 4. The second-order valence-electron chi connectivity index (χ2n) is 9.79. The Morgan fingerprint density at radius 3 is 2.45 bits per heavy atom. The Morgan fingerprint density at radius 2 is 1.89 bits per heavy atom. The Hall–Kier alpha value is -1.76. The van der Waals surface area contributed by atoms with Gasteiger partial charge in [-0.05, 0) is 50.6 Å². The zero-order chi connectivity index (χ0) is 28.1. The van der Waals surface area contributed by atoms with Crippen LogP contribution in [0.25, 0.3) is 5.65 Å². The molecule has 2 aliphatic carbocycles. The lowest BCUT2D eigenvalue weighted by atomic mass is 10.2. The number of aromatic nitrogens is 2. The lowest BCUT2D eigenvalue weighted by Crippen LogP contribution is -2.49. The predicted molar refractivity (Wildman–Crippen MR) is 154 cm³/mol. The number of hydrogen-bond acceptors (Lipinski definition) is 8. The quantitative estimate of drug-likeness (QED) is 0.172. The zero-order valence-electron chi connectivity index (χ0n) is 22.8. The SMILES string of the molecule is CC.CC1CN(c2cc(SNC3(C(F)F)CC3)cn3c(C(=N)SC(=N)C4(F)CC4)cnc23)CCN1.CCC. The molecule has 5 rings (SSSR count). The molecular weight excluding hydrogens is 531 g/mol. The molecule has 1 atom stereocenters. The topological polar surface area (TPSA) is 92.3 Å². The van der Waals surface area contributed by atoms with Crippen LogP contribution in [0.2, 0.25) is 0 Å². The number of rotatable bonds is 7. The molecule has 2 aromatic heterocycles. The Labute approximate surface area is 232 Å². The fraction of sp³-hybridized carbons (Fsp3) is 0.654. The maximum absolute atomic E-state index is 14.3. The number of fused-ring (bicyclic) bond motifs is 1. The number of alkyl halides is 3. The first kappa shape index (κ1) is 30.8. The molecule has 1 aliphatic heterocycles. The Bertz CT molecular complexity index is 1120. The van der Waals surface area contributed by atoms with E-state index >= 15 is 0 Å². The number of anilines is 1. The molecule has 0 amide bonds. The van der Waals surface area contributed by atoms with Crippen molar-refractivity contribution in [3.05, 3.63) is 24.2 Å². The molecule has 212 valence electrons. The van der Waals surface area contributed by atoms with Gasteiger partial charge >= 0.3 is 0 Å². The average Bonchev–Trinajstić information content (AvgIpc) is 3.81. The molecule has 0 radical (unpaired) electrons. The lowest BCUT2D eigenvalue weighted by Gasteiger charge is -2.34. The largest absolute Gasteiger partial charge is 0.366 e. The molecule has 2 saturated carbocycles. The standard InChI is InChI=1S/C21H26F3N7S2.C3H8.C2H6/c1-12-10-30(7-6-27-12)14-8-13(33-29-21(4-5-21)18(22)23)11-31-15(9-28-17(14)31)16(25)32-19(26)20(24)2-3-20;1-3-2;1-2/h8-9,11-12,18,25-27,29H,2-7,10H2,1H3;3H2,1-2H3;1-2H3. The summed E-state index contributed by atoms with van der Waals surface area (Å²) in [5, 5.41) is 19.8. The van der Waals surface area contributed by atoms with E-state index < -0.39 is 17.6 Å². The second-order valence-corrected chi connectivity index (χ2v) is 11.7. The van der Waals surface area contributed by atoms with E-state index in [9.17, 15) is 13.2 Å². The summed E-state index contributed by atoms with van der Waals surface area (Å²) in [5.41, 5.74) is -0.778. The van der Waals surface area contributed by atoms with Crippen molar-refractivity contribution >= 4 is 45.1 Å². The highest BCUT2D eigenvalue weighted by Crippen LogP contribution is 2.45. The molecule has 7 nitrogen and oxygen atoms in total. The average molecular weight is 572 g/mol. The zero-order valence-corrected chi connectivity index (χ0v) is 24.5. The predicted octanol–water partition coefficient (Wildman–Crippen LogP) is 6.51. The summed E-state index contributed by atoms with van der Waals surface area (Å²) in [6.07, 6.45) is 3.67. The first-order valence-corrected chi connectivity index (χ1v) is 15.0. The van der Waals surface area contributed by atoms with Gasteiger partial charge in [0, 0.05) is 36.8 Å². The van der Waals surface area contributed by atoms with Crippen LogP contribution < -0.4 is 14.9 Å². The van der Waals surface area contributed by atoms with Crippen LogP contribution in [0.1, 0.15) is 72.4 Å². The molecule has 38 heavy (non-hydrogen) atoms. The summed E-state index contributed by atoms with van der Waals surface area (Å²) in [6.45, 7) is 12.7. The fourth-order valence-electron chi connectivity index (χ4n) is 3.90. The lowest BCUT2D eigenvalue weighted by molar-refractivity contribution is 0.0985. The van der Waals surface area contributed by atoms with Crippen LogP contribution in [0.15, 0.2) is 23.4 Å². The third kappa shape index (κ3) is 7.05. The summed E-state index contributed by atoms with van der Waals surface area (Å²) in [4.78, 5) is 7.48. The van der Waals surface area contributed by atoms with Gasteiger partial charge in [-0.2, -0.15) is 0 Å². The van der Waals surface area contributed by atoms with Crippen molar-refractivity contribution in [2.45, 2.75) is 95.3 Å². The first-order chi connectivity index (χ1) is 18.1. The third-order valence-electron chi connectivity index (χ3n) is 6.38. The number of halogens is 3. The summed E-state index contributed by atoms with van der Waals surface area (Å²) >= 11 is 1.97. The van der Waals surface area contributed by atoms with Gasteiger partial charge in [0.05, 0.1) is 23.1 Å². The van der Waals surface area contributed by atoms with E-state index in [1.165, 1.54) is 6.42 Å². The van der Waals surface area contributed by atoms with E-state index in [0.717, 1.165) is 53.9 Å². The minimum atomic E-state index is -2.43. The van der Waals surface area contributed by atoms with Crippen molar-refractivity contribution in [1.82, 2.24) is 19.4 Å². The third-order valence-corrected chi connectivity index (χ3v) is 8.33.